The van der Waals surface area contributed by atoms with Gasteiger partial charge in [0.15, 0.2) is 0 Å². The van der Waals surface area contributed by atoms with Gasteiger partial charge in [0.05, 0.1) is 12.1 Å². The predicted molar refractivity (Wildman–Crippen MR) is 62.5 cm³/mol. The smallest absolute Gasteiger partial charge is 0.317 e. The van der Waals surface area contributed by atoms with E-state index in [0.717, 1.165) is 19.3 Å². The first-order chi connectivity index (χ1) is 7.35. The van der Waals surface area contributed by atoms with Crippen molar-refractivity contribution in [3.8, 4) is 0 Å². The van der Waals surface area contributed by atoms with Gasteiger partial charge < -0.3 is 9.84 Å². The highest BCUT2D eigenvalue weighted by atomic mass is 16.5. The van der Waals surface area contributed by atoms with Crippen molar-refractivity contribution >= 4 is 5.97 Å². The zero-order valence-electron chi connectivity index (χ0n) is 10.7. The molecule has 0 aromatic rings. The Labute approximate surface area is 97.6 Å². The van der Waals surface area contributed by atoms with E-state index in [1.807, 2.05) is 13.8 Å². The molecule has 0 aromatic heterocycles. The van der Waals surface area contributed by atoms with Gasteiger partial charge >= 0.3 is 5.97 Å². The minimum Gasteiger partial charge on any atom is -0.480 e. The zero-order valence-corrected chi connectivity index (χ0v) is 10.7. The number of rotatable bonds is 7. The van der Waals surface area contributed by atoms with Gasteiger partial charge in [-0.3, -0.25) is 9.69 Å². The van der Waals surface area contributed by atoms with E-state index in [9.17, 15) is 4.79 Å². The molecule has 1 unspecified atom stereocenters. The molecule has 0 saturated heterocycles. The normalized spacial score (nSPS) is 18.8. The van der Waals surface area contributed by atoms with Gasteiger partial charge in [-0.25, -0.2) is 0 Å². The van der Waals surface area contributed by atoms with Crippen molar-refractivity contribution in [1.29, 1.82) is 0 Å². The summed E-state index contributed by atoms with van der Waals surface area (Å²) in [4.78, 5) is 12.9. The molecular weight excluding hydrogens is 206 g/mol. The monoisotopic (exact) mass is 229 g/mol. The molecule has 16 heavy (non-hydrogen) atoms. The molecule has 1 aliphatic carbocycles. The molecule has 1 rings (SSSR count). The number of carboxylic acid groups (broad SMARTS) is 1. The number of ether oxygens (including phenoxy) is 1. The van der Waals surface area contributed by atoms with Crippen LogP contribution in [0.25, 0.3) is 0 Å². The minimum atomic E-state index is -0.742. The van der Waals surface area contributed by atoms with Gasteiger partial charge in [-0.15, -0.1) is 0 Å². The van der Waals surface area contributed by atoms with E-state index in [0.29, 0.717) is 6.04 Å². The molecule has 0 spiro atoms. The van der Waals surface area contributed by atoms with Gasteiger partial charge in [0.25, 0.3) is 0 Å². The largest absolute Gasteiger partial charge is 0.480 e. The van der Waals surface area contributed by atoms with E-state index in [1.54, 1.807) is 7.11 Å². The molecule has 0 heterocycles. The van der Waals surface area contributed by atoms with Crippen molar-refractivity contribution in [2.75, 3.05) is 13.7 Å². The third kappa shape index (κ3) is 4.10. The summed E-state index contributed by atoms with van der Waals surface area (Å²) in [6, 6.07) is 0.720. The second-order valence-electron chi connectivity index (χ2n) is 5.31. The quantitative estimate of drug-likeness (QED) is 0.722. The lowest BCUT2D eigenvalue weighted by Crippen LogP contribution is -2.43. The molecule has 0 radical (unpaired) electrons. The fourth-order valence-electron chi connectivity index (χ4n) is 2.12. The molecule has 1 fully saturated rings. The van der Waals surface area contributed by atoms with E-state index in [1.165, 1.54) is 0 Å². The van der Waals surface area contributed by atoms with Crippen molar-refractivity contribution in [3.63, 3.8) is 0 Å². The van der Waals surface area contributed by atoms with Crippen LogP contribution in [0, 0.1) is 0 Å². The van der Waals surface area contributed by atoms with Crippen LogP contribution in [0.4, 0.5) is 0 Å². The Morgan fingerprint density at radius 2 is 2.12 bits per heavy atom. The van der Waals surface area contributed by atoms with Crippen LogP contribution in [-0.2, 0) is 9.53 Å². The van der Waals surface area contributed by atoms with Crippen LogP contribution in [0.1, 0.15) is 40.0 Å². The molecule has 1 saturated carbocycles. The van der Waals surface area contributed by atoms with Crippen LogP contribution in [-0.4, -0.2) is 47.3 Å². The first-order valence-corrected chi connectivity index (χ1v) is 5.88. The minimum absolute atomic E-state index is 0.144. The maximum atomic E-state index is 10.8. The van der Waals surface area contributed by atoms with Crippen LogP contribution >= 0.6 is 0 Å². The summed E-state index contributed by atoms with van der Waals surface area (Å²) in [6.45, 7) is 6.30. The molecule has 0 amide bonds. The second kappa shape index (κ2) is 5.15. The Morgan fingerprint density at radius 3 is 2.50 bits per heavy atom. The van der Waals surface area contributed by atoms with E-state index in [2.05, 4.69) is 11.8 Å². The SMILES string of the molecule is COC(C)(C)CC(C)N(CC(=O)O)C1CC1. The molecule has 4 nitrogen and oxygen atoms in total. The molecular formula is C12H23NO3. The zero-order chi connectivity index (χ0) is 12.3. The Kier molecular flexibility index (Phi) is 4.33. The molecule has 1 aliphatic rings. The molecule has 4 heteroatoms. The molecule has 94 valence electrons. The van der Waals surface area contributed by atoms with Crippen LogP contribution in [0.2, 0.25) is 0 Å². The maximum absolute atomic E-state index is 10.8. The van der Waals surface area contributed by atoms with Crippen molar-refractivity contribution in [2.24, 2.45) is 0 Å². The highest BCUT2D eigenvalue weighted by molar-refractivity contribution is 5.69. The molecule has 0 aromatic carbocycles. The average Bonchev–Trinajstić information content (AvgIpc) is 2.96. The Morgan fingerprint density at radius 1 is 1.56 bits per heavy atom. The molecule has 1 atom stereocenters. The summed E-state index contributed by atoms with van der Waals surface area (Å²) < 4.78 is 5.39. The first-order valence-electron chi connectivity index (χ1n) is 5.88. The highest BCUT2D eigenvalue weighted by Gasteiger charge is 2.35. The number of carboxylic acids is 1. The number of carbonyl (C=O) groups is 1. The standard InChI is InChI=1S/C12H23NO3/c1-9(7-12(2,3)16-4)13(8-11(14)15)10-5-6-10/h9-10H,5-8H2,1-4H3,(H,14,15). The lowest BCUT2D eigenvalue weighted by molar-refractivity contribution is -0.139. The Balaban J connectivity index is 2.53. The lowest BCUT2D eigenvalue weighted by atomic mass is 9.98. The highest BCUT2D eigenvalue weighted by Crippen LogP contribution is 2.31. The average molecular weight is 229 g/mol. The Hall–Kier alpha value is -0.610. The molecule has 1 N–H and O–H groups in total. The predicted octanol–water partition coefficient (Wildman–Crippen LogP) is 1.74. The van der Waals surface area contributed by atoms with Crippen LogP contribution in [0.5, 0.6) is 0 Å². The summed E-state index contributed by atoms with van der Waals surface area (Å²) in [6.07, 6.45) is 3.11. The fraction of sp³-hybridized carbons (Fsp3) is 0.917. The van der Waals surface area contributed by atoms with Crippen molar-refractivity contribution in [3.05, 3.63) is 0 Å². The first kappa shape index (κ1) is 13.5. The van der Waals surface area contributed by atoms with Crippen LogP contribution in [0.3, 0.4) is 0 Å². The van der Waals surface area contributed by atoms with Crippen molar-refractivity contribution in [1.82, 2.24) is 4.90 Å². The summed E-state index contributed by atoms with van der Waals surface area (Å²) >= 11 is 0. The Bertz CT molecular complexity index is 249. The van der Waals surface area contributed by atoms with Crippen LogP contribution in [0.15, 0.2) is 0 Å². The van der Waals surface area contributed by atoms with Crippen molar-refractivity contribution in [2.45, 2.75) is 57.7 Å². The van der Waals surface area contributed by atoms with Crippen LogP contribution < -0.4 is 0 Å². The van der Waals surface area contributed by atoms with Gasteiger partial charge in [0, 0.05) is 19.2 Å². The van der Waals surface area contributed by atoms with E-state index < -0.39 is 5.97 Å². The summed E-state index contributed by atoms with van der Waals surface area (Å²) in [7, 11) is 1.70. The molecule has 0 bridgehead atoms. The van der Waals surface area contributed by atoms with Gasteiger partial charge in [-0.1, -0.05) is 0 Å². The number of aliphatic carboxylic acids is 1. The molecule has 0 aliphatic heterocycles. The van der Waals surface area contributed by atoms with E-state index >= 15 is 0 Å². The number of hydrogen-bond donors (Lipinski definition) is 1. The fourth-order valence-corrected chi connectivity index (χ4v) is 2.12. The third-order valence-electron chi connectivity index (χ3n) is 3.24. The van der Waals surface area contributed by atoms with Gasteiger partial charge in [0.2, 0.25) is 0 Å². The second-order valence-corrected chi connectivity index (χ2v) is 5.31. The summed E-state index contributed by atoms with van der Waals surface area (Å²) in [5.74, 6) is -0.742. The van der Waals surface area contributed by atoms with E-state index in [4.69, 9.17) is 9.84 Å². The van der Waals surface area contributed by atoms with E-state index in [-0.39, 0.29) is 18.2 Å². The van der Waals surface area contributed by atoms with Gasteiger partial charge in [-0.2, -0.15) is 0 Å². The van der Waals surface area contributed by atoms with Gasteiger partial charge in [-0.05, 0) is 40.0 Å². The summed E-state index contributed by atoms with van der Waals surface area (Å²) in [5, 5.41) is 8.89. The number of hydrogen-bond acceptors (Lipinski definition) is 3. The lowest BCUT2D eigenvalue weighted by Gasteiger charge is -2.33. The van der Waals surface area contributed by atoms with Gasteiger partial charge in [0.1, 0.15) is 0 Å². The number of methoxy groups -OCH3 is 1. The maximum Gasteiger partial charge on any atom is 0.317 e. The number of nitrogens with zero attached hydrogens (tertiary/aromatic N) is 1. The van der Waals surface area contributed by atoms with Crippen molar-refractivity contribution < 1.29 is 14.6 Å². The third-order valence-corrected chi connectivity index (χ3v) is 3.24. The topological polar surface area (TPSA) is 49.8 Å². The summed E-state index contributed by atoms with van der Waals surface area (Å²) in [5.41, 5.74) is -0.189.